The fourth-order valence-corrected chi connectivity index (χ4v) is 4.45. The molecular weight excluding hydrogens is 277 g/mol. The molecule has 19 heavy (non-hydrogen) atoms. The maximum atomic E-state index is 6.23. The second-order valence-electron chi connectivity index (χ2n) is 6.40. The van der Waals surface area contributed by atoms with Crippen LogP contribution >= 0.6 is 23.2 Å². The Labute approximate surface area is 125 Å². The van der Waals surface area contributed by atoms with Gasteiger partial charge in [-0.15, -0.1) is 0 Å². The molecule has 0 bridgehead atoms. The largest absolute Gasteiger partial charge is 0.316 e. The Morgan fingerprint density at radius 1 is 1.21 bits per heavy atom. The summed E-state index contributed by atoms with van der Waals surface area (Å²) in [7, 11) is 0. The van der Waals surface area contributed by atoms with E-state index < -0.39 is 0 Å². The molecule has 4 unspecified atom stereocenters. The fraction of sp³-hybridized carbons (Fsp3) is 0.625. The van der Waals surface area contributed by atoms with Crippen LogP contribution in [0.2, 0.25) is 10.0 Å². The highest BCUT2D eigenvalue weighted by Gasteiger charge is 2.50. The smallest absolute Gasteiger partial charge is 0.0595 e. The average molecular weight is 298 g/mol. The zero-order valence-corrected chi connectivity index (χ0v) is 13.1. The lowest BCUT2D eigenvalue weighted by Crippen LogP contribution is -2.44. The molecule has 1 aliphatic carbocycles. The number of benzene rings is 1. The van der Waals surface area contributed by atoms with Gasteiger partial charge in [0.2, 0.25) is 0 Å². The number of halogens is 2. The second-order valence-corrected chi connectivity index (χ2v) is 7.21. The van der Waals surface area contributed by atoms with Crippen molar-refractivity contribution in [1.29, 1.82) is 0 Å². The summed E-state index contributed by atoms with van der Waals surface area (Å²) in [6, 6.07) is 6.22. The Bertz CT molecular complexity index is 488. The van der Waals surface area contributed by atoms with E-state index in [4.69, 9.17) is 23.2 Å². The molecule has 0 aromatic heterocycles. The molecule has 0 amide bonds. The summed E-state index contributed by atoms with van der Waals surface area (Å²) in [5, 5.41) is 4.95. The van der Waals surface area contributed by atoms with Crippen molar-refractivity contribution in [3.63, 3.8) is 0 Å². The normalized spacial score (nSPS) is 38.2. The average Bonchev–Trinajstić information content (AvgIpc) is 2.83. The Kier molecular flexibility index (Phi) is 3.57. The molecule has 1 aromatic rings. The van der Waals surface area contributed by atoms with Crippen molar-refractivity contribution in [1.82, 2.24) is 5.32 Å². The van der Waals surface area contributed by atoms with E-state index in [1.807, 2.05) is 6.07 Å². The van der Waals surface area contributed by atoms with Crippen LogP contribution in [0.1, 0.15) is 32.3 Å². The standard InChI is InChI=1S/C16H21Cl2N/c1-10-5-6-16(9-19-8-13(16)11(10)2)12-3-4-14(17)15(18)7-12/h3-4,7,10-11,13,19H,5-6,8-9H2,1-2H3. The van der Waals surface area contributed by atoms with Crippen LogP contribution in [0.15, 0.2) is 18.2 Å². The van der Waals surface area contributed by atoms with Crippen LogP contribution in [-0.4, -0.2) is 13.1 Å². The zero-order chi connectivity index (χ0) is 13.6. The van der Waals surface area contributed by atoms with Crippen molar-refractivity contribution in [3.05, 3.63) is 33.8 Å². The molecular formula is C16H21Cl2N. The van der Waals surface area contributed by atoms with E-state index in [1.54, 1.807) is 0 Å². The summed E-state index contributed by atoms with van der Waals surface area (Å²) < 4.78 is 0. The monoisotopic (exact) mass is 297 g/mol. The van der Waals surface area contributed by atoms with Gasteiger partial charge in [-0.3, -0.25) is 0 Å². The van der Waals surface area contributed by atoms with Crippen LogP contribution in [0.3, 0.4) is 0 Å². The van der Waals surface area contributed by atoms with Gasteiger partial charge in [0, 0.05) is 12.0 Å². The van der Waals surface area contributed by atoms with Crippen LogP contribution in [0.5, 0.6) is 0 Å². The number of nitrogens with one attached hydrogen (secondary N) is 1. The molecule has 1 aliphatic heterocycles. The van der Waals surface area contributed by atoms with Gasteiger partial charge in [-0.2, -0.15) is 0 Å². The van der Waals surface area contributed by atoms with Gasteiger partial charge >= 0.3 is 0 Å². The van der Waals surface area contributed by atoms with Crippen molar-refractivity contribution in [2.75, 3.05) is 13.1 Å². The summed E-state index contributed by atoms with van der Waals surface area (Å²) in [6.07, 6.45) is 2.56. The van der Waals surface area contributed by atoms with Crippen molar-refractivity contribution < 1.29 is 0 Å². The first-order chi connectivity index (χ1) is 9.04. The van der Waals surface area contributed by atoms with E-state index in [0.717, 1.165) is 24.9 Å². The van der Waals surface area contributed by atoms with E-state index in [-0.39, 0.29) is 5.41 Å². The maximum absolute atomic E-state index is 6.23. The predicted octanol–water partition coefficient (Wildman–Crippen LogP) is 4.52. The minimum atomic E-state index is 0.264. The lowest BCUT2D eigenvalue weighted by Gasteiger charge is -2.46. The fourth-order valence-electron chi connectivity index (χ4n) is 4.15. The van der Waals surface area contributed by atoms with Crippen LogP contribution < -0.4 is 5.32 Å². The molecule has 4 atom stereocenters. The van der Waals surface area contributed by atoms with Crippen LogP contribution in [0, 0.1) is 17.8 Å². The van der Waals surface area contributed by atoms with Gasteiger partial charge in [0.05, 0.1) is 10.0 Å². The number of fused-ring (bicyclic) bond motifs is 1. The molecule has 1 N–H and O–H groups in total. The topological polar surface area (TPSA) is 12.0 Å². The summed E-state index contributed by atoms with van der Waals surface area (Å²) in [4.78, 5) is 0. The van der Waals surface area contributed by atoms with E-state index in [9.17, 15) is 0 Å². The van der Waals surface area contributed by atoms with E-state index in [1.165, 1.54) is 18.4 Å². The Morgan fingerprint density at radius 2 is 2.00 bits per heavy atom. The highest BCUT2D eigenvalue weighted by atomic mass is 35.5. The van der Waals surface area contributed by atoms with Crippen LogP contribution in [-0.2, 0) is 5.41 Å². The molecule has 104 valence electrons. The second kappa shape index (κ2) is 4.95. The van der Waals surface area contributed by atoms with Gasteiger partial charge in [0.1, 0.15) is 0 Å². The van der Waals surface area contributed by atoms with Crippen molar-refractivity contribution >= 4 is 23.2 Å². The van der Waals surface area contributed by atoms with Gasteiger partial charge in [0.15, 0.2) is 0 Å². The molecule has 2 fully saturated rings. The van der Waals surface area contributed by atoms with Gasteiger partial charge in [-0.05, 0) is 54.8 Å². The maximum Gasteiger partial charge on any atom is 0.0595 e. The lowest BCUT2D eigenvalue weighted by atomic mass is 9.58. The molecule has 3 rings (SSSR count). The Hall–Kier alpha value is -0.240. The third-order valence-corrected chi connectivity index (χ3v) is 6.33. The molecule has 1 nitrogen and oxygen atoms in total. The number of hydrogen-bond donors (Lipinski definition) is 1. The molecule has 0 radical (unpaired) electrons. The molecule has 1 heterocycles. The first kappa shape index (κ1) is 13.7. The summed E-state index contributed by atoms with van der Waals surface area (Å²) in [6.45, 7) is 7.01. The van der Waals surface area contributed by atoms with E-state index in [0.29, 0.717) is 16.0 Å². The highest BCUT2D eigenvalue weighted by Crippen LogP contribution is 2.51. The summed E-state index contributed by atoms with van der Waals surface area (Å²) in [5.41, 5.74) is 1.64. The van der Waals surface area contributed by atoms with Crippen molar-refractivity contribution in [2.24, 2.45) is 17.8 Å². The summed E-state index contributed by atoms with van der Waals surface area (Å²) >= 11 is 12.3. The van der Waals surface area contributed by atoms with Gasteiger partial charge in [-0.1, -0.05) is 43.1 Å². The lowest BCUT2D eigenvalue weighted by molar-refractivity contribution is 0.119. The van der Waals surface area contributed by atoms with Gasteiger partial charge in [0.25, 0.3) is 0 Å². The van der Waals surface area contributed by atoms with Gasteiger partial charge < -0.3 is 5.32 Å². The minimum Gasteiger partial charge on any atom is -0.316 e. The molecule has 1 saturated carbocycles. The molecule has 2 aliphatic rings. The first-order valence-electron chi connectivity index (χ1n) is 7.21. The number of hydrogen-bond acceptors (Lipinski definition) is 1. The first-order valence-corrected chi connectivity index (χ1v) is 7.96. The number of rotatable bonds is 1. The molecule has 0 spiro atoms. The molecule has 1 saturated heterocycles. The van der Waals surface area contributed by atoms with Crippen molar-refractivity contribution in [3.8, 4) is 0 Å². The Morgan fingerprint density at radius 3 is 2.74 bits per heavy atom. The molecule has 3 heteroatoms. The Balaban J connectivity index is 2.03. The molecule has 1 aromatic carbocycles. The zero-order valence-electron chi connectivity index (χ0n) is 11.5. The third kappa shape index (κ3) is 2.11. The van der Waals surface area contributed by atoms with Crippen LogP contribution in [0.4, 0.5) is 0 Å². The third-order valence-electron chi connectivity index (χ3n) is 5.59. The van der Waals surface area contributed by atoms with E-state index >= 15 is 0 Å². The summed E-state index contributed by atoms with van der Waals surface area (Å²) in [5.74, 6) is 2.30. The van der Waals surface area contributed by atoms with E-state index in [2.05, 4.69) is 31.3 Å². The van der Waals surface area contributed by atoms with Gasteiger partial charge in [-0.25, -0.2) is 0 Å². The van der Waals surface area contributed by atoms with Crippen molar-refractivity contribution in [2.45, 2.75) is 32.1 Å². The highest BCUT2D eigenvalue weighted by molar-refractivity contribution is 6.42. The SMILES string of the molecule is CC1CCC2(c3ccc(Cl)c(Cl)c3)CNCC2C1C. The quantitative estimate of drug-likeness (QED) is 0.804. The van der Waals surface area contributed by atoms with Crippen LogP contribution in [0.25, 0.3) is 0 Å². The predicted molar refractivity (Wildman–Crippen MR) is 82.1 cm³/mol. The minimum absolute atomic E-state index is 0.264.